The third kappa shape index (κ3) is 11.0. The summed E-state index contributed by atoms with van der Waals surface area (Å²) in [5.41, 5.74) is 0. The van der Waals surface area contributed by atoms with E-state index in [-0.39, 0.29) is 36.6 Å². The second-order valence-corrected chi connectivity index (χ2v) is 7.63. The molecule has 0 heterocycles. The maximum atomic E-state index is 11.0. The predicted octanol–water partition coefficient (Wildman–Crippen LogP) is 2.22. The fourth-order valence-corrected chi connectivity index (χ4v) is 2.57. The Morgan fingerprint density at radius 3 is 2.50 bits per heavy atom. The van der Waals surface area contributed by atoms with Gasteiger partial charge < -0.3 is 15.4 Å². The molecule has 150 valence electrons. The lowest BCUT2D eigenvalue weighted by Gasteiger charge is -2.18. The molecule has 26 heavy (non-hydrogen) atoms. The zero-order chi connectivity index (χ0) is 18.7. The van der Waals surface area contributed by atoms with Crippen molar-refractivity contribution in [2.75, 3.05) is 32.4 Å². The fraction of sp³-hybridized carbons (Fsp3) is 0.562. The summed E-state index contributed by atoms with van der Waals surface area (Å²) in [6.07, 6.45) is 1.80. The average Bonchev–Trinajstić information content (AvgIpc) is 2.55. The zero-order valence-electron chi connectivity index (χ0n) is 15.3. The highest BCUT2D eigenvalue weighted by Gasteiger charge is 2.10. The number of nitrogens with zero attached hydrogens (tertiary/aromatic N) is 1. The van der Waals surface area contributed by atoms with E-state index in [9.17, 15) is 8.42 Å². The highest BCUT2D eigenvalue weighted by Crippen LogP contribution is 2.24. The topological polar surface area (TPSA) is 91.8 Å². The molecular formula is C16H28ClIN4O3S. The van der Waals surface area contributed by atoms with Crippen LogP contribution in [0.15, 0.2) is 29.3 Å². The van der Waals surface area contributed by atoms with E-state index >= 15 is 0 Å². The van der Waals surface area contributed by atoms with Gasteiger partial charge in [0.25, 0.3) is 0 Å². The minimum absolute atomic E-state index is 0. The lowest BCUT2D eigenvalue weighted by atomic mass is 10.2. The first-order valence-corrected chi connectivity index (χ1v) is 10.5. The Labute approximate surface area is 178 Å². The second kappa shape index (κ2) is 13.4. The number of guanidine groups is 1. The van der Waals surface area contributed by atoms with Gasteiger partial charge in [0.15, 0.2) is 5.96 Å². The van der Waals surface area contributed by atoms with E-state index in [1.54, 1.807) is 6.07 Å². The molecule has 1 rings (SSSR count). The first-order chi connectivity index (χ1) is 11.9. The van der Waals surface area contributed by atoms with Gasteiger partial charge in [-0.05, 0) is 25.5 Å². The minimum Gasteiger partial charge on any atom is -0.487 e. The summed E-state index contributed by atoms with van der Waals surface area (Å²) in [5.74, 6) is 1.25. The third-order valence-corrected chi connectivity index (χ3v) is 4.21. The Morgan fingerprint density at radius 2 is 1.92 bits per heavy atom. The number of para-hydroxylation sites is 1. The number of hydrogen-bond donors (Lipinski definition) is 3. The molecule has 1 atom stereocenters. The van der Waals surface area contributed by atoms with E-state index in [1.165, 1.54) is 0 Å². The first-order valence-electron chi connectivity index (χ1n) is 8.23. The molecule has 0 fully saturated rings. The maximum Gasteiger partial charge on any atom is 0.208 e. The van der Waals surface area contributed by atoms with Crippen molar-refractivity contribution in [1.82, 2.24) is 15.4 Å². The molecule has 0 bridgehead atoms. The average molecular weight is 519 g/mol. The molecule has 0 aliphatic heterocycles. The van der Waals surface area contributed by atoms with E-state index < -0.39 is 10.0 Å². The lowest BCUT2D eigenvalue weighted by Crippen LogP contribution is -2.42. The summed E-state index contributed by atoms with van der Waals surface area (Å²) in [4.78, 5) is 4.49. The molecule has 0 aliphatic rings. The largest absolute Gasteiger partial charge is 0.487 e. The van der Waals surface area contributed by atoms with Crippen LogP contribution in [0.2, 0.25) is 5.02 Å². The van der Waals surface area contributed by atoms with Crippen LogP contribution in [0, 0.1) is 0 Å². The summed E-state index contributed by atoms with van der Waals surface area (Å²) in [7, 11) is -3.19. The number of aliphatic imine (C=N–C) groups is 1. The van der Waals surface area contributed by atoms with Crippen LogP contribution in [0.1, 0.15) is 20.3 Å². The molecule has 0 aromatic heterocycles. The van der Waals surface area contributed by atoms with Crippen molar-refractivity contribution in [2.45, 2.75) is 26.4 Å². The normalized spacial score (nSPS) is 12.8. The Balaban J connectivity index is 0.00000625. The maximum absolute atomic E-state index is 11.0. The molecule has 1 aromatic rings. The molecule has 3 N–H and O–H groups in total. The van der Waals surface area contributed by atoms with E-state index in [0.29, 0.717) is 36.4 Å². The van der Waals surface area contributed by atoms with Crippen molar-refractivity contribution < 1.29 is 13.2 Å². The van der Waals surface area contributed by atoms with E-state index in [4.69, 9.17) is 16.3 Å². The van der Waals surface area contributed by atoms with E-state index in [0.717, 1.165) is 12.7 Å². The third-order valence-electron chi connectivity index (χ3n) is 3.16. The minimum atomic E-state index is -3.19. The van der Waals surface area contributed by atoms with E-state index in [1.807, 2.05) is 32.0 Å². The van der Waals surface area contributed by atoms with Crippen molar-refractivity contribution in [3.05, 3.63) is 29.3 Å². The van der Waals surface area contributed by atoms with Gasteiger partial charge in [-0.2, -0.15) is 0 Å². The van der Waals surface area contributed by atoms with Crippen LogP contribution in [-0.2, 0) is 10.0 Å². The number of sulfonamides is 1. The van der Waals surface area contributed by atoms with Crippen LogP contribution in [0.25, 0.3) is 0 Å². The Hall–Kier alpha value is -0.780. The van der Waals surface area contributed by atoms with Gasteiger partial charge in [-0.3, -0.25) is 0 Å². The number of hydrogen-bond acceptors (Lipinski definition) is 4. The van der Waals surface area contributed by atoms with Gasteiger partial charge in [0.1, 0.15) is 11.9 Å². The predicted molar refractivity (Wildman–Crippen MR) is 118 cm³/mol. The molecule has 0 spiro atoms. The molecule has 7 nitrogen and oxygen atoms in total. The van der Waals surface area contributed by atoms with Gasteiger partial charge in [-0.1, -0.05) is 30.7 Å². The lowest BCUT2D eigenvalue weighted by molar-refractivity contribution is 0.206. The SMILES string of the molecule is CCNC(=NCC(CC)Oc1ccccc1Cl)NCCNS(C)(=O)=O.I. The van der Waals surface area contributed by atoms with Gasteiger partial charge in [0.2, 0.25) is 10.0 Å². The highest BCUT2D eigenvalue weighted by atomic mass is 127. The molecule has 0 radical (unpaired) electrons. The molecular weight excluding hydrogens is 491 g/mol. The second-order valence-electron chi connectivity index (χ2n) is 5.39. The van der Waals surface area contributed by atoms with Crippen LogP contribution in [0.3, 0.4) is 0 Å². The first kappa shape index (κ1) is 25.2. The van der Waals surface area contributed by atoms with Gasteiger partial charge in [-0.15, -0.1) is 24.0 Å². The van der Waals surface area contributed by atoms with Crippen LogP contribution >= 0.6 is 35.6 Å². The summed E-state index contributed by atoms with van der Waals surface area (Å²) in [6.45, 7) is 5.86. The zero-order valence-corrected chi connectivity index (χ0v) is 19.2. The van der Waals surface area contributed by atoms with Crippen LogP contribution in [0.5, 0.6) is 5.75 Å². The van der Waals surface area contributed by atoms with Gasteiger partial charge >= 0.3 is 0 Å². The molecule has 1 unspecified atom stereocenters. The van der Waals surface area contributed by atoms with Crippen molar-refractivity contribution in [3.63, 3.8) is 0 Å². The summed E-state index contributed by atoms with van der Waals surface area (Å²) in [5, 5.41) is 6.76. The number of nitrogens with one attached hydrogen (secondary N) is 3. The van der Waals surface area contributed by atoms with Crippen molar-refractivity contribution in [1.29, 1.82) is 0 Å². The number of benzene rings is 1. The standard InChI is InChI=1S/C16H27ClN4O3S.HI/c1-4-13(24-15-9-7-6-8-14(15)17)12-20-16(18-5-2)19-10-11-21-25(3,22)23;/h6-9,13,21H,4-5,10-12H2,1-3H3,(H2,18,19,20);1H. The van der Waals surface area contributed by atoms with Crippen molar-refractivity contribution in [3.8, 4) is 5.75 Å². The number of ether oxygens (including phenoxy) is 1. The summed E-state index contributed by atoms with van der Waals surface area (Å²) in [6, 6.07) is 7.34. The Bertz CT molecular complexity index is 659. The fourth-order valence-electron chi connectivity index (χ4n) is 1.92. The molecule has 10 heteroatoms. The van der Waals surface area contributed by atoms with Crippen molar-refractivity contribution in [2.24, 2.45) is 4.99 Å². The van der Waals surface area contributed by atoms with Gasteiger partial charge in [-0.25, -0.2) is 18.1 Å². The quantitative estimate of drug-likeness (QED) is 0.191. The van der Waals surface area contributed by atoms with Crippen LogP contribution in [-0.4, -0.2) is 52.9 Å². The van der Waals surface area contributed by atoms with E-state index in [2.05, 4.69) is 20.3 Å². The van der Waals surface area contributed by atoms with Crippen LogP contribution < -0.4 is 20.1 Å². The molecule has 0 saturated carbocycles. The smallest absolute Gasteiger partial charge is 0.208 e. The Kier molecular flexibility index (Phi) is 13.0. The molecule has 0 amide bonds. The van der Waals surface area contributed by atoms with Gasteiger partial charge in [0, 0.05) is 19.6 Å². The van der Waals surface area contributed by atoms with Gasteiger partial charge in [0.05, 0.1) is 17.8 Å². The van der Waals surface area contributed by atoms with Crippen molar-refractivity contribution >= 4 is 51.6 Å². The summed E-state index contributed by atoms with van der Waals surface area (Å²) < 4.78 is 30.4. The number of halogens is 2. The number of rotatable bonds is 10. The molecule has 0 aliphatic carbocycles. The molecule has 1 aromatic carbocycles. The highest BCUT2D eigenvalue weighted by molar-refractivity contribution is 14.0. The Morgan fingerprint density at radius 1 is 1.23 bits per heavy atom. The monoisotopic (exact) mass is 518 g/mol. The molecule has 0 saturated heterocycles. The van der Waals surface area contributed by atoms with Crippen LogP contribution in [0.4, 0.5) is 0 Å². The summed E-state index contributed by atoms with van der Waals surface area (Å²) >= 11 is 6.12.